The minimum absolute atomic E-state index is 0.395. The Balaban J connectivity index is 1.71. The van der Waals surface area contributed by atoms with Crippen molar-refractivity contribution in [1.29, 1.82) is 0 Å². The van der Waals surface area contributed by atoms with Crippen molar-refractivity contribution < 1.29 is 23.0 Å². The second kappa shape index (κ2) is 12.5. The van der Waals surface area contributed by atoms with Crippen molar-refractivity contribution in [3.8, 4) is 11.5 Å². The fraction of sp³-hybridized carbons (Fsp3) is 0.308. The Hall–Kier alpha value is -2.71. The van der Waals surface area contributed by atoms with Crippen LogP contribution in [-0.4, -0.2) is 48.1 Å². The second-order valence-corrected chi connectivity index (χ2v) is 8.90. The first-order valence-corrected chi connectivity index (χ1v) is 11.9. The Labute approximate surface area is 198 Å². The van der Waals surface area contributed by atoms with E-state index in [0.29, 0.717) is 48.2 Å². The van der Waals surface area contributed by atoms with Crippen molar-refractivity contribution in [3.63, 3.8) is 0 Å². The molecule has 0 spiro atoms. The molecule has 0 aromatic heterocycles. The maximum atomic E-state index is 12.2. The lowest BCUT2D eigenvalue weighted by atomic mass is 10.1. The van der Waals surface area contributed by atoms with Gasteiger partial charge in [0.05, 0.1) is 25.2 Å². The topological polar surface area (TPSA) is 68.2 Å². The number of hydrogen-bond acceptors (Lipinski definition) is 6. The number of aliphatic hydroxyl groups is 1. The summed E-state index contributed by atoms with van der Waals surface area (Å²) < 4.78 is 28.5. The third-order valence-corrected chi connectivity index (χ3v) is 6.44. The highest BCUT2D eigenvalue weighted by atomic mass is 32.2. The van der Waals surface area contributed by atoms with E-state index in [-0.39, 0.29) is 0 Å². The van der Waals surface area contributed by atoms with Crippen LogP contribution in [0.5, 0.6) is 11.5 Å². The molecule has 1 N–H and O–H groups in total. The quantitative estimate of drug-likeness (QED) is 0.427. The van der Waals surface area contributed by atoms with Crippen LogP contribution in [0.2, 0.25) is 0 Å². The molecule has 7 heteroatoms. The van der Waals surface area contributed by atoms with Gasteiger partial charge in [0.25, 0.3) is 0 Å². The monoisotopic (exact) mass is 469 g/mol. The van der Waals surface area contributed by atoms with E-state index < -0.39 is 17.2 Å². The van der Waals surface area contributed by atoms with Crippen LogP contribution in [0.4, 0.5) is 0 Å². The van der Waals surface area contributed by atoms with Crippen molar-refractivity contribution >= 4 is 11.1 Å². The van der Waals surface area contributed by atoms with E-state index in [4.69, 9.17) is 13.7 Å². The molecule has 0 fully saturated rings. The first kappa shape index (κ1) is 24.9. The van der Waals surface area contributed by atoms with Gasteiger partial charge in [0.15, 0.2) is 22.6 Å². The molecule has 0 aliphatic heterocycles. The summed E-state index contributed by atoms with van der Waals surface area (Å²) in [6, 6.07) is 23.1. The first-order chi connectivity index (χ1) is 16.0. The maximum absolute atomic E-state index is 12.2. The summed E-state index contributed by atoms with van der Waals surface area (Å²) in [7, 11) is 3.02. The summed E-state index contributed by atoms with van der Waals surface area (Å²) in [6.07, 6.45) is -0.756. The Kier molecular flexibility index (Phi) is 9.45. The normalized spacial score (nSPS) is 13.0. The number of methoxy groups -OCH3 is 1. The molecule has 3 aromatic carbocycles. The van der Waals surface area contributed by atoms with E-state index in [0.717, 1.165) is 11.1 Å². The molecule has 0 saturated carbocycles. The van der Waals surface area contributed by atoms with E-state index in [1.807, 2.05) is 61.5 Å². The summed E-state index contributed by atoms with van der Waals surface area (Å²) >= 11 is -1.56. The molecule has 2 atom stereocenters. The van der Waals surface area contributed by atoms with Crippen LogP contribution in [0.15, 0.2) is 77.7 Å². The molecule has 6 nitrogen and oxygen atoms in total. The lowest BCUT2D eigenvalue weighted by Gasteiger charge is -2.26. The Morgan fingerprint density at radius 2 is 1.67 bits per heavy atom. The summed E-state index contributed by atoms with van der Waals surface area (Å²) in [5, 5.41) is 11.0. The van der Waals surface area contributed by atoms with Crippen molar-refractivity contribution in [2.24, 2.45) is 0 Å². The van der Waals surface area contributed by atoms with E-state index in [2.05, 4.69) is 17.0 Å². The average Bonchev–Trinajstić information content (AvgIpc) is 2.84. The highest BCUT2D eigenvalue weighted by Gasteiger charge is 2.17. The molecular formula is C26H31NO5S. The van der Waals surface area contributed by atoms with Gasteiger partial charge in [-0.15, -0.1) is 0 Å². The highest BCUT2D eigenvalue weighted by molar-refractivity contribution is 7.80. The maximum Gasteiger partial charge on any atom is 0.189 e. The van der Waals surface area contributed by atoms with Gasteiger partial charge in [-0.1, -0.05) is 54.6 Å². The molecule has 3 aromatic rings. The average molecular weight is 470 g/mol. The Morgan fingerprint density at radius 1 is 0.970 bits per heavy atom. The van der Waals surface area contributed by atoms with Crippen LogP contribution >= 0.6 is 0 Å². The summed E-state index contributed by atoms with van der Waals surface area (Å²) in [4.78, 5) is 2.71. The number of rotatable bonds is 12. The van der Waals surface area contributed by atoms with Gasteiger partial charge in [0.2, 0.25) is 0 Å². The molecule has 0 saturated heterocycles. The van der Waals surface area contributed by atoms with E-state index in [1.54, 1.807) is 13.2 Å². The smallest absolute Gasteiger partial charge is 0.189 e. The number of ether oxygens (including phenoxy) is 2. The molecule has 0 radical (unpaired) electrons. The van der Waals surface area contributed by atoms with Crippen LogP contribution < -0.4 is 9.47 Å². The van der Waals surface area contributed by atoms with Crippen molar-refractivity contribution in [2.45, 2.75) is 24.5 Å². The van der Waals surface area contributed by atoms with Crippen LogP contribution in [0.25, 0.3) is 0 Å². The predicted octanol–water partition coefficient (Wildman–Crippen LogP) is 4.29. The summed E-state index contributed by atoms with van der Waals surface area (Å²) in [5.74, 6) is 1.37. The molecule has 0 bridgehead atoms. The molecule has 176 valence electrons. The van der Waals surface area contributed by atoms with E-state index >= 15 is 0 Å². The molecule has 0 aliphatic rings. The van der Waals surface area contributed by atoms with Gasteiger partial charge in [-0.05, 0) is 41.8 Å². The van der Waals surface area contributed by atoms with Crippen LogP contribution in [-0.2, 0) is 21.8 Å². The number of hydrogen-bond donors (Lipinski definition) is 1. The third-order valence-electron chi connectivity index (χ3n) is 5.34. The van der Waals surface area contributed by atoms with Gasteiger partial charge in [-0.25, -0.2) is 4.21 Å². The number of aliphatic hydroxyl groups excluding tert-OH is 1. The zero-order valence-corrected chi connectivity index (χ0v) is 20.1. The van der Waals surface area contributed by atoms with Gasteiger partial charge >= 0.3 is 0 Å². The van der Waals surface area contributed by atoms with E-state index in [1.165, 1.54) is 7.11 Å². The van der Waals surface area contributed by atoms with Crippen LogP contribution in [0.1, 0.15) is 22.8 Å². The van der Waals surface area contributed by atoms with Gasteiger partial charge in [0.1, 0.15) is 6.61 Å². The summed E-state index contributed by atoms with van der Waals surface area (Å²) in [5.41, 5.74) is 2.70. The van der Waals surface area contributed by atoms with Gasteiger partial charge in [-0.2, -0.15) is 0 Å². The minimum atomic E-state index is -1.56. The standard InChI is InChI=1S/C26H31NO5S/c1-20-13-14-22(17-26(20)33(29)31-3)23(28)19-27(18-21-9-5-4-6-10-21)15-16-32-25-12-8-7-11-24(25)30-2/h4-14,17,23,28H,15-16,18-19H2,1-3H3. The lowest BCUT2D eigenvalue weighted by Crippen LogP contribution is -2.32. The Bertz CT molecular complexity index is 1040. The third kappa shape index (κ3) is 7.14. The number of aryl methyl sites for hydroxylation is 1. The van der Waals surface area contributed by atoms with Gasteiger partial charge in [0, 0.05) is 19.6 Å². The molecule has 3 rings (SSSR count). The predicted molar refractivity (Wildman–Crippen MR) is 130 cm³/mol. The molecular weight excluding hydrogens is 438 g/mol. The number of nitrogens with zero attached hydrogens (tertiary/aromatic N) is 1. The number of para-hydroxylation sites is 2. The summed E-state index contributed by atoms with van der Waals surface area (Å²) in [6.45, 7) is 3.97. The largest absolute Gasteiger partial charge is 0.493 e. The fourth-order valence-corrected chi connectivity index (χ4v) is 4.29. The molecule has 0 aliphatic carbocycles. The van der Waals surface area contributed by atoms with Crippen molar-refractivity contribution in [2.75, 3.05) is 33.9 Å². The zero-order chi connectivity index (χ0) is 23.6. The lowest BCUT2D eigenvalue weighted by molar-refractivity contribution is 0.0980. The number of benzene rings is 3. The SMILES string of the molecule is COc1ccccc1OCCN(Cc1ccccc1)CC(O)c1ccc(C)c(S(=O)OC)c1. The van der Waals surface area contributed by atoms with Crippen LogP contribution in [0.3, 0.4) is 0 Å². The molecule has 2 unspecified atom stereocenters. The van der Waals surface area contributed by atoms with Crippen molar-refractivity contribution in [3.05, 3.63) is 89.5 Å². The first-order valence-electron chi connectivity index (χ1n) is 10.8. The molecule has 33 heavy (non-hydrogen) atoms. The second-order valence-electron chi connectivity index (χ2n) is 7.66. The zero-order valence-electron chi connectivity index (χ0n) is 19.3. The van der Waals surface area contributed by atoms with Crippen LogP contribution in [0, 0.1) is 6.92 Å². The Morgan fingerprint density at radius 3 is 2.36 bits per heavy atom. The minimum Gasteiger partial charge on any atom is -0.493 e. The van der Waals surface area contributed by atoms with E-state index in [9.17, 15) is 9.32 Å². The van der Waals surface area contributed by atoms with Crippen molar-refractivity contribution in [1.82, 2.24) is 4.90 Å². The highest BCUT2D eigenvalue weighted by Crippen LogP contribution is 2.26. The molecule has 0 amide bonds. The van der Waals surface area contributed by atoms with Gasteiger partial charge < -0.3 is 14.6 Å². The van der Waals surface area contributed by atoms with Gasteiger partial charge in [-0.3, -0.25) is 9.08 Å². The molecule has 0 heterocycles. The fourth-order valence-electron chi connectivity index (χ4n) is 3.54.